The molecule has 0 saturated carbocycles. The van der Waals surface area contributed by atoms with Gasteiger partial charge in [-0.3, -0.25) is 0 Å². The van der Waals surface area contributed by atoms with E-state index in [9.17, 15) is 8.78 Å². The molecule has 2 aliphatic rings. The molecule has 0 aliphatic carbocycles. The lowest BCUT2D eigenvalue weighted by Gasteiger charge is -2.29. The number of benzene rings is 1. The van der Waals surface area contributed by atoms with E-state index < -0.39 is 11.6 Å². The molecule has 4 heteroatoms. The predicted octanol–water partition coefficient (Wildman–Crippen LogP) is 3.44. The summed E-state index contributed by atoms with van der Waals surface area (Å²) in [5.74, 6) is -0.514. The van der Waals surface area contributed by atoms with Gasteiger partial charge in [0.15, 0.2) is 0 Å². The van der Waals surface area contributed by atoms with Crippen molar-refractivity contribution in [3.63, 3.8) is 0 Å². The highest BCUT2D eigenvalue weighted by Crippen LogP contribution is 2.41. The molecule has 2 heterocycles. The third-order valence-corrected chi connectivity index (χ3v) is 4.78. The molecule has 2 bridgehead atoms. The van der Waals surface area contributed by atoms with E-state index >= 15 is 0 Å². The summed E-state index contributed by atoms with van der Waals surface area (Å²) in [6.45, 7) is 3.04. The van der Waals surface area contributed by atoms with E-state index in [1.807, 2.05) is 0 Å². The number of ether oxygens (including phenoxy) is 1. The summed E-state index contributed by atoms with van der Waals surface area (Å²) in [4.78, 5) is 0. The molecule has 0 amide bonds. The smallest absolute Gasteiger partial charge is 0.129 e. The maximum Gasteiger partial charge on any atom is 0.129 e. The number of hydrogen-bond acceptors (Lipinski definition) is 2. The molecule has 116 valence electrons. The summed E-state index contributed by atoms with van der Waals surface area (Å²) in [5.41, 5.74) is 0.591. The van der Waals surface area contributed by atoms with E-state index in [1.54, 1.807) is 6.07 Å². The van der Waals surface area contributed by atoms with E-state index in [4.69, 9.17) is 4.74 Å². The average molecular weight is 295 g/mol. The Balaban J connectivity index is 1.73. The molecule has 1 aromatic rings. The van der Waals surface area contributed by atoms with Crippen molar-refractivity contribution in [3.8, 4) is 0 Å². The lowest BCUT2D eigenvalue weighted by molar-refractivity contribution is 0.0856. The van der Waals surface area contributed by atoms with Crippen LogP contribution in [0.5, 0.6) is 0 Å². The van der Waals surface area contributed by atoms with Crippen LogP contribution in [0, 0.1) is 17.6 Å². The molecule has 0 radical (unpaired) electrons. The van der Waals surface area contributed by atoms with Crippen LogP contribution in [0.3, 0.4) is 0 Å². The quantitative estimate of drug-likeness (QED) is 0.868. The van der Waals surface area contributed by atoms with Gasteiger partial charge in [0.25, 0.3) is 0 Å². The molecule has 2 fully saturated rings. The van der Waals surface area contributed by atoms with Gasteiger partial charge in [0.1, 0.15) is 11.6 Å². The fourth-order valence-electron chi connectivity index (χ4n) is 3.73. The van der Waals surface area contributed by atoms with Crippen LogP contribution >= 0.6 is 0 Å². The number of hydrogen-bond donors (Lipinski definition) is 1. The molecule has 1 aromatic carbocycles. The van der Waals surface area contributed by atoms with Crippen molar-refractivity contribution in [2.45, 2.75) is 57.3 Å². The predicted molar refractivity (Wildman–Crippen MR) is 78.1 cm³/mol. The minimum Gasteiger partial charge on any atom is -0.375 e. The van der Waals surface area contributed by atoms with Gasteiger partial charge in [0.2, 0.25) is 0 Å². The fourth-order valence-corrected chi connectivity index (χ4v) is 3.73. The Labute approximate surface area is 124 Å². The Morgan fingerprint density at radius 3 is 2.81 bits per heavy atom. The molecule has 2 aliphatic heterocycles. The zero-order valence-corrected chi connectivity index (χ0v) is 12.4. The van der Waals surface area contributed by atoms with E-state index in [-0.39, 0.29) is 6.04 Å². The van der Waals surface area contributed by atoms with Crippen molar-refractivity contribution in [2.24, 2.45) is 5.92 Å². The van der Waals surface area contributed by atoms with Crippen LogP contribution in [0.15, 0.2) is 18.2 Å². The van der Waals surface area contributed by atoms with Crippen molar-refractivity contribution in [1.82, 2.24) is 5.32 Å². The first-order valence-corrected chi connectivity index (χ1v) is 8.00. The lowest BCUT2D eigenvalue weighted by Crippen LogP contribution is -2.42. The summed E-state index contributed by atoms with van der Waals surface area (Å²) in [6.07, 6.45) is 5.69. The normalized spacial score (nSPS) is 29.0. The zero-order chi connectivity index (χ0) is 14.8. The van der Waals surface area contributed by atoms with Crippen LogP contribution in [0.2, 0.25) is 0 Å². The van der Waals surface area contributed by atoms with E-state index in [2.05, 4.69) is 12.2 Å². The van der Waals surface area contributed by atoms with Gasteiger partial charge in [-0.1, -0.05) is 13.0 Å². The van der Waals surface area contributed by atoms with Gasteiger partial charge in [-0.15, -0.1) is 0 Å². The van der Waals surface area contributed by atoms with Crippen LogP contribution in [-0.4, -0.2) is 24.8 Å². The molecular weight excluding hydrogens is 272 g/mol. The molecule has 0 aromatic heterocycles. The fraction of sp³-hybridized carbons (Fsp3) is 0.647. The molecule has 21 heavy (non-hydrogen) atoms. The Bertz CT molecular complexity index is 494. The van der Waals surface area contributed by atoms with Crippen LogP contribution in [0.1, 0.15) is 38.2 Å². The molecule has 4 atom stereocenters. The summed E-state index contributed by atoms with van der Waals surface area (Å²) >= 11 is 0. The van der Waals surface area contributed by atoms with Gasteiger partial charge < -0.3 is 10.1 Å². The molecule has 2 saturated heterocycles. The molecule has 2 nitrogen and oxygen atoms in total. The first kappa shape index (κ1) is 14.9. The summed E-state index contributed by atoms with van der Waals surface area (Å²) in [7, 11) is 0. The average Bonchev–Trinajstić information content (AvgIpc) is 3.08. The topological polar surface area (TPSA) is 21.3 Å². The number of halogens is 2. The van der Waals surface area contributed by atoms with Crippen molar-refractivity contribution in [2.75, 3.05) is 6.54 Å². The Kier molecular flexibility index (Phi) is 4.55. The third kappa shape index (κ3) is 3.27. The Morgan fingerprint density at radius 2 is 2.19 bits per heavy atom. The highest BCUT2D eigenvalue weighted by atomic mass is 19.1. The van der Waals surface area contributed by atoms with Gasteiger partial charge in [-0.25, -0.2) is 8.78 Å². The lowest BCUT2D eigenvalue weighted by atomic mass is 9.81. The van der Waals surface area contributed by atoms with E-state index in [0.717, 1.165) is 38.3 Å². The van der Waals surface area contributed by atoms with Crippen molar-refractivity contribution >= 4 is 0 Å². The second-order valence-electron chi connectivity index (χ2n) is 6.27. The van der Waals surface area contributed by atoms with Crippen LogP contribution in [-0.2, 0) is 11.2 Å². The van der Waals surface area contributed by atoms with Crippen molar-refractivity contribution in [1.29, 1.82) is 0 Å². The van der Waals surface area contributed by atoms with Crippen LogP contribution < -0.4 is 5.32 Å². The van der Waals surface area contributed by atoms with E-state index in [0.29, 0.717) is 30.1 Å². The first-order valence-electron chi connectivity index (χ1n) is 8.00. The van der Waals surface area contributed by atoms with Crippen molar-refractivity contribution < 1.29 is 13.5 Å². The molecule has 1 N–H and O–H groups in total. The highest BCUT2D eigenvalue weighted by Gasteiger charge is 2.44. The minimum absolute atomic E-state index is 0.209. The SMILES string of the molecule is CCCNC(Cc1ccc(F)cc1F)C1CC2CCC1O2. The largest absolute Gasteiger partial charge is 0.375 e. The van der Waals surface area contributed by atoms with Crippen LogP contribution in [0.25, 0.3) is 0 Å². The van der Waals surface area contributed by atoms with Gasteiger partial charge in [-0.05, 0) is 50.3 Å². The zero-order valence-electron chi connectivity index (χ0n) is 12.4. The summed E-state index contributed by atoms with van der Waals surface area (Å²) in [5, 5.41) is 3.55. The summed E-state index contributed by atoms with van der Waals surface area (Å²) in [6, 6.07) is 4.09. The number of nitrogens with one attached hydrogen (secondary N) is 1. The Morgan fingerprint density at radius 1 is 1.33 bits per heavy atom. The van der Waals surface area contributed by atoms with Crippen LogP contribution in [0.4, 0.5) is 8.78 Å². The highest BCUT2D eigenvalue weighted by molar-refractivity contribution is 5.20. The van der Waals surface area contributed by atoms with Gasteiger partial charge in [0.05, 0.1) is 12.2 Å². The maximum atomic E-state index is 13.9. The van der Waals surface area contributed by atoms with Gasteiger partial charge in [0, 0.05) is 18.0 Å². The summed E-state index contributed by atoms with van der Waals surface area (Å²) < 4.78 is 32.9. The van der Waals surface area contributed by atoms with Gasteiger partial charge in [-0.2, -0.15) is 0 Å². The minimum atomic E-state index is -0.516. The monoisotopic (exact) mass is 295 g/mol. The number of fused-ring (bicyclic) bond motifs is 2. The maximum absolute atomic E-state index is 13.9. The number of rotatable bonds is 6. The molecular formula is C17H23F2NO. The second kappa shape index (κ2) is 6.41. The van der Waals surface area contributed by atoms with Crippen molar-refractivity contribution in [3.05, 3.63) is 35.4 Å². The third-order valence-electron chi connectivity index (χ3n) is 4.78. The van der Waals surface area contributed by atoms with E-state index in [1.165, 1.54) is 6.07 Å². The van der Waals surface area contributed by atoms with Gasteiger partial charge >= 0.3 is 0 Å². The molecule has 4 unspecified atom stereocenters. The second-order valence-corrected chi connectivity index (χ2v) is 6.27. The Hall–Kier alpha value is -1.00. The standard InChI is InChI=1S/C17H23F2NO/c1-2-7-20-16(14-10-13-5-6-17(14)21-13)8-11-3-4-12(18)9-15(11)19/h3-4,9,13-14,16-17,20H,2,5-8,10H2,1H3. The molecule has 0 spiro atoms. The molecule has 3 rings (SSSR count). The first-order chi connectivity index (χ1) is 10.2.